The third-order valence-electron chi connectivity index (χ3n) is 4.20. The molecule has 0 aliphatic heterocycles. The minimum atomic E-state index is -0.0553. The Kier molecular flexibility index (Phi) is 3.37. The van der Waals surface area contributed by atoms with E-state index in [1.165, 1.54) is 24.0 Å². The topological polar surface area (TPSA) is 17.1 Å². The Morgan fingerprint density at radius 3 is 2.12 bits per heavy atom. The second kappa shape index (κ2) is 4.64. The van der Waals surface area contributed by atoms with Crippen molar-refractivity contribution in [3.63, 3.8) is 0 Å². The van der Waals surface area contributed by atoms with Gasteiger partial charge in [-0.3, -0.25) is 4.79 Å². The molecule has 0 spiro atoms. The van der Waals surface area contributed by atoms with Crippen LogP contribution in [0.3, 0.4) is 0 Å². The quantitative estimate of drug-likeness (QED) is 0.701. The molecule has 0 aromatic heterocycles. The van der Waals surface area contributed by atoms with Gasteiger partial charge in [-0.25, -0.2) is 0 Å². The lowest BCUT2D eigenvalue weighted by atomic mass is 9.76. The standard InChI is InChI=1S/C16H22O/c1-4-16(7-5-6-8-16)15(17)14-10-12(2)9-13(3)11-14/h9-11H,4-8H2,1-3H3. The van der Waals surface area contributed by atoms with Gasteiger partial charge in [-0.15, -0.1) is 0 Å². The van der Waals surface area contributed by atoms with E-state index in [0.29, 0.717) is 5.78 Å². The molecule has 0 heterocycles. The zero-order valence-corrected chi connectivity index (χ0v) is 11.2. The van der Waals surface area contributed by atoms with Gasteiger partial charge in [0.15, 0.2) is 5.78 Å². The highest BCUT2D eigenvalue weighted by molar-refractivity contribution is 6.01. The van der Waals surface area contributed by atoms with E-state index >= 15 is 0 Å². The average Bonchev–Trinajstić information content (AvgIpc) is 2.76. The Morgan fingerprint density at radius 2 is 1.65 bits per heavy atom. The molecule has 0 bridgehead atoms. The molecule has 0 radical (unpaired) electrons. The molecule has 0 N–H and O–H groups in total. The minimum Gasteiger partial charge on any atom is -0.294 e. The van der Waals surface area contributed by atoms with Crippen molar-refractivity contribution in [3.8, 4) is 0 Å². The van der Waals surface area contributed by atoms with Crippen molar-refractivity contribution in [2.24, 2.45) is 5.41 Å². The van der Waals surface area contributed by atoms with Gasteiger partial charge in [0.2, 0.25) is 0 Å². The Balaban J connectivity index is 2.35. The number of hydrogen-bond acceptors (Lipinski definition) is 1. The Bertz CT molecular complexity index is 405. The van der Waals surface area contributed by atoms with Crippen molar-refractivity contribution >= 4 is 5.78 Å². The summed E-state index contributed by atoms with van der Waals surface area (Å²) in [5.41, 5.74) is 3.25. The predicted octanol–water partition coefficient (Wildman–Crippen LogP) is 4.46. The van der Waals surface area contributed by atoms with E-state index in [-0.39, 0.29) is 5.41 Å². The maximum atomic E-state index is 12.7. The van der Waals surface area contributed by atoms with E-state index in [4.69, 9.17) is 0 Å². The molecule has 1 nitrogen and oxygen atoms in total. The molecule has 1 aromatic rings. The number of Topliss-reactive ketones (excluding diaryl/α,β-unsaturated/α-hetero) is 1. The predicted molar refractivity (Wildman–Crippen MR) is 71.4 cm³/mol. The lowest BCUT2D eigenvalue weighted by Crippen LogP contribution is -2.27. The average molecular weight is 230 g/mol. The van der Waals surface area contributed by atoms with Crippen LogP contribution in [0.4, 0.5) is 0 Å². The van der Waals surface area contributed by atoms with Crippen LogP contribution in [0.5, 0.6) is 0 Å². The smallest absolute Gasteiger partial charge is 0.169 e. The van der Waals surface area contributed by atoms with Gasteiger partial charge in [0.05, 0.1) is 0 Å². The van der Waals surface area contributed by atoms with Crippen LogP contribution in [0.1, 0.15) is 60.5 Å². The SMILES string of the molecule is CCC1(C(=O)c2cc(C)cc(C)c2)CCCC1. The molecule has 1 aliphatic carbocycles. The Labute approximate surface area is 104 Å². The van der Waals surface area contributed by atoms with Crippen molar-refractivity contribution in [2.45, 2.75) is 52.9 Å². The molecule has 0 unspecified atom stereocenters. The number of ketones is 1. The zero-order chi connectivity index (χ0) is 12.5. The van der Waals surface area contributed by atoms with Crippen LogP contribution < -0.4 is 0 Å². The van der Waals surface area contributed by atoms with E-state index < -0.39 is 0 Å². The number of rotatable bonds is 3. The largest absolute Gasteiger partial charge is 0.294 e. The van der Waals surface area contributed by atoms with Gasteiger partial charge >= 0.3 is 0 Å². The normalized spacial score (nSPS) is 18.3. The third kappa shape index (κ3) is 2.29. The van der Waals surface area contributed by atoms with E-state index in [9.17, 15) is 4.79 Å². The van der Waals surface area contributed by atoms with Gasteiger partial charge in [0.1, 0.15) is 0 Å². The fraction of sp³-hybridized carbons (Fsp3) is 0.562. The van der Waals surface area contributed by atoms with E-state index in [1.807, 2.05) is 12.1 Å². The van der Waals surface area contributed by atoms with Gasteiger partial charge in [-0.2, -0.15) is 0 Å². The third-order valence-corrected chi connectivity index (χ3v) is 4.20. The molecule has 0 amide bonds. The van der Waals surface area contributed by atoms with Crippen LogP contribution in [0.25, 0.3) is 0 Å². The first-order valence-corrected chi connectivity index (χ1v) is 6.70. The summed E-state index contributed by atoms with van der Waals surface area (Å²) in [4.78, 5) is 12.7. The van der Waals surface area contributed by atoms with E-state index in [2.05, 4.69) is 26.8 Å². The summed E-state index contributed by atoms with van der Waals surface area (Å²) in [6.45, 7) is 6.29. The Hall–Kier alpha value is -1.11. The monoisotopic (exact) mass is 230 g/mol. The summed E-state index contributed by atoms with van der Waals surface area (Å²) in [6, 6.07) is 6.22. The second-order valence-electron chi connectivity index (χ2n) is 5.55. The van der Waals surface area contributed by atoms with Crippen LogP contribution >= 0.6 is 0 Å². The number of carbonyl (C=O) groups is 1. The molecule has 0 saturated heterocycles. The van der Waals surface area contributed by atoms with Crippen molar-refractivity contribution in [1.82, 2.24) is 0 Å². The maximum absolute atomic E-state index is 12.7. The summed E-state index contributed by atoms with van der Waals surface area (Å²) < 4.78 is 0. The lowest BCUT2D eigenvalue weighted by Gasteiger charge is -2.26. The first-order valence-electron chi connectivity index (χ1n) is 6.70. The maximum Gasteiger partial charge on any atom is 0.169 e. The van der Waals surface area contributed by atoms with Gasteiger partial charge in [0.25, 0.3) is 0 Å². The van der Waals surface area contributed by atoms with Crippen molar-refractivity contribution in [2.75, 3.05) is 0 Å². The highest BCUT2D eigenvalue weighted by Gasteiger charge is 2.39. The molecule has 0 atom stereocenters. The number of hydrogen-bond donors (Lipinski definition) is 0. The summed E-state index contributed by atoms with van der Waals surface area (Å²) >= 11 is 0. The number of benzene rings is 1. The van der Waals surface area contributed by atoms with Crippen LogP contribution in [0, 0.1) is 19.3 Å². The number of carbonyl (C=O) groups excluding carboxylic acids is 1. The molecule has 92 valence electrons. The fourth-order valence-corrected chi connectivity index (χ4v) is 3.20. The summed E-state index contributed by atoms with van der Waals surface area (Å²) in [5.74, 6) is 0.379. The van der Waals surface area contributed by atoms with Crippen LogP contribution in [-0.2, 0) is 0 Å². The van der Waals surface area contributed by atoms with Gasteiger partial charge in [-0.1, -0.05) is 37.0 Å². The summed E-state index contributed by atoms with van der Waals surface area (Å²) in [6.07, 6.45) is 5.57. The Morgan fingerprint density at radius 1 is 1.12 bits per heavy atom. The molecule has 2 rings (SSSR count). The highest BCUT2D eigenvalue weighted by Crippen LogP contribution is 2.43. The van der Waals surface area contributed by atoms with Crippen molar-refractivity contribution in [1.29, 1.82) is 0 Å². The molecule has 1 aromatic carbocycles. The van der Waals surface area contributed by atoms with Crippen LogP contribution in [0.2, 0.25) is 0 Å². The molecular weight excluding hydrogens is 208 g/mol. The van der Waals surface area contributed by atoms with Gasteiger partial charge in [-0.05, 0) is 45.2 Å². The zero-order valence-electron chi connectivity index (χ0n) is 11.2. The first-order chi connectivity index (χ1) is 8.07. The van der Waals surface area contributed by atoms with Crippen molar-refractivity contribution < 1.29 is 4.79 Å². The summed E-state index contributed by atoms with van der Waals surface area (Å²) in [7, 11) is 0. The number of aryl methyl sites for hydroxylation is 2. The van der Waals surface area contributed by atoms with Crippen LogP contribution in [-0.4, -0.2) is 5.78 Å². The van der Waals surface area contributed by atoms with Crippen molar-refractivity contribution in [3.05, 3.63) is 34.9 Å². The van der Waals surface area contributed by atoms with E-state index in [0.717, 1.165) is 24.8 Å². The van der Waals surface area contributed by atoms with E-state index in [1.54, 1.807) is 0 Å². The molecule has 1 saturated carbocycles. The molecule has 1 heteroatoms. The summed E-state index contributed by atoms with van der Waals surface area (Å²) in [5, 5.41) is 0. The second-order valence-corrected chi connectivity index (χ2v) is 5.55. The minimum absolute atomic E-state index is 0.0553. The molecular formula is C16H22O. The van der Waals surface area contributed by atoms with Crippen LogP contribution in [0.15, 0.2) is 18.2 Å². The molecule has 17 heavy (non-hydrogen) atoms. The van der Waals surface area contributed by atoms with Gasteiger partial charge in [0, 0.05) is 11.0 Å². The fourth-order valence-electron chi connectivity index (χ4n) is 3.20. The highest BCUT2D eigenvalue weighted by atomic mass is 16.1. The first kappa shape index (κ1) is 12.3. The molecule has 1 fully saturated rings. The van der Waals surface area contributed by atoms with Gasteiger partial charge < -0.3 is 0 Å². The lowest BCUT2D eigenvalue weighted by molar-refractivity contribution is 0.0791. The molecule has 1 aliphatic rings.